The molecule has 0 saturated heterocycles. The fraction of sp³-hybridized carbons (Fsp3) is 0.133. The van der Waals surface area contributed by atoms with Crippen LogP contribution < -0.4 is 10.5 Å². The van der Waals surface area contributed by atoms with Crippen molar-refractivity contribution in [3.05, 3.63) is 64.1 Å². The van der Waals surface area contributed by atoms with Crippen molar-refractivity contribution in [2.24, 2.45) is 5.73 Å². The fourth-order valence-electron chi connectivity index (χ4n) is 1.74. The Balaban J connectivity index is 2.02. The van der Waals surface area contributed by atoms with E-state index in [1.165, 1.54) is 5.56 Å². The molecule has 0 atom stereocenters. The molecule has 4 heteroatoms. The van der Waals surface area contributed by atoms with Crippen molar-refractivity contribution in [1.82, 2.24) is 0 Å². The molecule has 0 amide bonds. The van der Waals surface area contributed by atoms with E-state index in [-0.39, 0.29) is 0 Å². The van der Waals surface area contributed by atoms with Gasteiger partial charge in [0.1, 0.15) is 10.7 Å². The van der Waals surface area contributed by atoms with Crippen LogP contribution in [-0.2, 0) is 6.42 Å². The van der Waals surface area contributed by atoms with Crippen molar-refractivity contribution in [2.45, 2.75) is 6.42 Å². The fourth-order valence-corrected chi connectivity index (χ4v) is 2.26. The highest BCUT2D eigenvalue weighted by atomic mass is 79.9. The summed E-state index contributed by atoms with van der Waals surface area (Å²) in [5.74, 6) is 0.728. The summed E-state index contributed by atoms with van der Waals surface area (Å²) in [6, 6.07) is 15.9. The molecule has 0 aromatic heterocycles. The van der Waals surface area contributed by atoms with Crippen LogP contribution in [-0.4, -0.2) is 11.6 Å². The molecule has 0 bridgehead atoms. The summed E-state index contributed by atoms with van der Waals surface area (Å²) < 4.78 is 6.70. The van der Waals surface area contributed by atoms with Crippen LogP contribution in [0.25, 0.3) is 0 Å². The molecule has 0 unspecified atom stereocenters. The van der Waals surface area contributed by atoms with Crippen LogP contribution in [0.3, 0.4) is 0 Å². The van der Waals surface area contributed by atoms with Crippen LogP contribution in [0.2, 0.25) is 0 Å². The van der Waals surface area contributed by atoms with Gasteiger partial charge in [0.2, 0.25) is 0 Å². The second-order valence-corrected chi connectivity index (χ2v) is 5.44. The van der Waals surface area contributed by atoms with Gasteiger partial charge < -0.3 is 10.5 Å². The number of ether oxygens (including phenoxy) is 1. The Labute approximate surface area is 126 Å². The first-order valence-corrected chi connectivity index (χ1v) is 7.13. The van der Waals surface area contributed by atoms with E-state index in [0.717, 1.165) is 22.2 Å². The number of benzene rings is 2. The lowest BCUT2D eigenvalue weighted by atomic mass is 10.1. The smallest absolute Gasteiger partial charge is 0.129 e. The van der Waals surface area contributed by atoms with Gasteiger partial charge in [0, 0.05) is 10.9 Å². The molecule has 2 aromatic rings. The number of hydrogen-bond donors (Lipinski definition) is 1. The maximum absolute atomic E-state index is 5.77. The minimum absolute atomic E-state index is 0.344. The molecule has 0 radical (unpaired) electrons. The first-order valence-electron chi connectivity index (χ1n) is 5.93. The molecule has 0 aliphatic heterocycles. The summed E-state index contributed by atoms with van der Waals surface area (Å²) >= 11 is 8.43. The first kappa shape index (κ1) is 14.0. The van der Waals surface area contributed by atoms with Crippen LogP contribution in [0.5, 0.6) is 5.75 Å². The minimum atomic E-state index is 0.344. The van der Waals surface area contributed by atoms with Crippen LogP contribution in [0.1, 0.15) is 11.1 Å². The summed E-state index contributed by atoms with van der Waals surface area (Å²) in [6.07, 6.45) is 0.855. The van der Waals surface area contributed by atoms with E-state index < -0.39 is 0 Å². The van der Waals surface area contributed by atoms with Crippen molar-refractivity contribution in [1.29, 1.82) is 0 Å². The lowest BCUT2D eigenvalue weighted by molar-refractivity contribution is 0.321. The molecule has 2 nitrogen and oxygen atoms in total. The molecule has 2 aromatic carbocycles. The van der Waals surface area contributed by atoms with Crippen LogP contribution in [0.15, 0.2) is 53.0 Å². The molecule has 0 spiro atoms. The molecule has 0 aliphatic rings. The Bertz CT molecular complexity index is 572. The van der Waals surface area contributed by atoms with Crippen molar-refractivity contribution in [3.8, 4) is 5.75 Å². The van der Waals surface area contributed by atoms with Gasteiger partial charge in [-0.15, -0.1) is 0 Å². The van der Waals surface area contributed by atoms with Crippen LogP contribution in [0.4, 0.5) is 0 Å². The SMILES string of the molecule is NC(=S)c1cc(Br)ccc1OCCc1ccccc1. The molecule has 2 rings (SSSR count). The Kier molecular flexibility index (Phi) is 4.93. The number of thiocarbonyl (C=S) groups is 1. The van der Waals surface area contributed by atoms with Crippen molar-refractivity contribution in [2.75, 3.05) is 6.61 Å². The van der Waals surface area contributed by atoms with Gasteiger partial charge >= 0.3 is 0 Å². The van der Waals surface area contributed by atoms with E-state index in [0.29, 0.717) is 11.6 Å². The second-order valence-electron chi connectivity index (χ2n) is 4.09. The highest BCUT2D eigenvalue weighted by Crippen LogP contribution is 2.23. The van der Waals surface area contributed by atoms with Crippen molar-refractivity contribution >= 4 is 33.1 Å². The van der Waals surface area contributed by atoms with Gasteiger partial charge in [-0.25, -0.2) is 0 Å². The number of nitrogens with two attached hydrogens (primary N) is 1. The molecule has 0 aliphatic carbocycles. The standard InChI is InChI=1S/C15H14BrNOS/c16-12-6-7-14(13(10-12)15(17)19)18-9-8-11-4-2-1-3-5-11/h1-7,10H,8-9H2,(H2,17,19). The van der Waals surface area contributed by atoms with E-state index >= 15 is 0 Å². The lowest BCUT2D eigenvalue weighted by Crippen LogP contribution is -2.12. The molecule has 0 fully saturated rings. The van der Waals surface area contributed by atoms with E-state index in [9.17, 15) is 0 Å². The van der Waals surface area contributed by atoms with Gasteiger partial charge in [-0.2, -0.15) is 0 Å². The van der Waals surface area contributed by atoms with Crippen molar-refractivity contribution in [3.63, 3.8) is 0 Å². The van der Waals surface area contributed by atoms with E-state index in [2.05, 4.69) is 28.1 Å². The topological polar surface area (TPSA) is 35.2 Å². The van der Waals surface area contributed by atoms with Gasteiger partial charge in [-0.1, -0.05) is 58.5 Å². The van der Waals surface area contributed by atoms with Crippen LogP contribution in [0, 0.1) is 0 Å². The second kappa shape index (κ2) is 6.68. The highest BCUT2D eigenvalue weighted by Gasteiger charge is 2.07. The highest BCUT2D eigenvalue weighted by molar-refractivity contribution is 9.10. The average molecular weight is 336 g/mol. The molecule has 0 heterocycles. The maximum Gasteiger partial charge on any atom is 0.129 e. The molecule has 0 saturated carbocycles. The summed E-state index contributed by atoms with van der Waals surface area (Å²) in [7, 11) is 0. The van der Waals surface area contributed by atoms with Crippen molar-refractivity contribution < 1.29 is 4.74 Å². The number of hydrogen-bond acceptors (Lipinski definition) is 2. The van der Waals surface area contributed by atoms with Gasteiger partial charge in [-0.3, -0.25) is 0 Å². The Hall–Kier alpha value is -1.39. The predicted molar refractivity (Wildman–Crippen MR) is 85.7 cm³/mol. The Morgan fingerprint density at radius 1 is 1.16 bits per heavy atom. The van der Waals surface area contributed by atoms with Gasteiger partial charge in [-0.05, 0) is 23.8 Å². The molecular weight excluding hydrogens is 322 g/mol. The molecule has 19 heavy (non-hydrogen) atoms. The predicted octanol–water partition coefficient (Wildman–Crippen LogP) is 3.70. The van der Waals surface area contributed by atoms with Gasteiger partial charge in [0.25, 0.3) is 0 Å². The summed E-state index contributed by atoms with van der Waals surface area (Å²) in [5.41, 5.74) is 7.71. The third kappa shape index (κ3) is 4.04. The summed E-state index contributed by atoms with van der Waals surface area (Å²) in [6.45, 7) is 0.598. The van der Waals surface area contributed by atoms with E-state index in [4.69, 9.17) is 22.7 Å². The normalized spacial score (nSPS) is 10.2. The molecule has 2 N–H and O–H groups in total. The van der Waals surface area contributed by atoms with Gasteiger partial charge in [0.15, 0.2) is 0 Å². The maximum atomic E-state index is 5.77. The van der Waals surface area contributed by atoms with E-state index in [1.807, 2.05) is 36.4 Å². The quantitative estimate of drug-likeness (QED) is 0.846. The monoisotopic (exact) mass is 335 g/mol. The Morgan fingerprint density at radius 3 is 2.58 bits per heavy atom. The van der Waals surface area contributed by atoms with Gasteiger partial charge in [0.05, 0.1) is 12.2 Å². The van der Waals surface area contributed by atoms with E-state index in [1.54, 1.807) is 0 Å². The first-order chi connectivity index (χ1) is 9.16. The minimum Gasteiger partial charge on any atom is -0.493 e. The largest absolute Gasteiger partial charge is 0.493 e. The zero-order valence-electron chi connectivity index (χ0n) is 10.3. The lowest BCUT2D eigenvalue weighted by Gasteiger charge is -2.11. The Morgan fingerprint density at radius 2 is 1.89 bits per heavy atom. The molecule has 98 valence electrons. The summed E-state index contributed by atoms with van der Waals surface area (Å²) in [4.78, 5) is 0.344. The zero-order valence-corrected chi connectivity index (χ0v) is 12.7. The number of rotatable bonds is 5. The number of halogens is 1. The third-order valence-corrected chi connectivity index (χ3v) is 3.41. The summed E-state index contributed by atoms with van der Waals surface area (Å²) in [5, 5.41) is 0. The zero-order chi connectivity index (χ0) is 13.7. The third-order valence-electron chi connectivity index (χ3n) is 2.70. The molecular formula is C15H14BrNOS. The van der Waals surface area contributed by atoms with Crippen LogP contribution >= 0.6 is 28.1 Å². The average Bonchev–Trinajstić information content (AvgIpc) is 2.41.